The molecule has 2 aromatic carbocycles. The number of halogens is 2. The van der Waals surface area contributed by atoms with Crippen molar-refractivity contribution in [3.8, 4) is 11.1 Å². The Morgan fingerprint density at radius 3 is 2.22 bits per heavy atom. The molecule has 4 aromatic rings. The lowest BCUT2D eigenvalue weighted by molar-refractivity contribution is 0.115. The van der Waals surface area contributed by atoms with Crippen LogP contribution < -0.4 is 10.4 Å². The Balaban J connectivity index is 1.40. The van der Waals surface area contributed by atoms with E-state index >= 15 is 4.39 Å². The van der Waals surface area contributed by atoms with Gasteiger partial charge in [0.15, 0.2) is 0 Å². The van der Waals surface area contributed by atoms with Gasteiger partial charge in [0, 0.05) is 30.1 Å². The standard InChI is InChI=1S/C30H33ClFN3OSi/c1-30(2,3)37(24-11-6-4-7-12-24,25-13-8-5-9-14-25)36-28-18-22(17-27(28)32)20-35-21-23(19-34-35)26-15-10-16-33-29(26)31/h4-16,19,21-22,27-28H,17-18,20H2,1-3H3/t22?,27-,28-/m0/s1. The van der Waals surface area contributed by atoms with Gasteiger partial charge in [0.2, 0.25) is 0 Å². The lowest BCUT2D eigenvalue weighted by Crippen LogP contribution is -2.68. The second kappa shape index (κ2) is 10.5. The number of hydrogen-bond donors (Lipinski definition) is 0. The predicted octanol–water partition coefficient (Wildman–Crippen LogP) is 6.29. The van der Waals surface area contributed by atoms with Crippen molar-refractivity contribution in [2.24, 2.45) is 5.92 Å². The Bertz CT molecular complexity index is 1290. The van der Waals surface area contributed by atoms with Crippen LogP contribution in [0.4, 0.5) is 4.39 Å². The van der Waals surface area contributed by atoms with Crippen molar-refractivity contribution in [2.75, 3.05) is 0 Å². The van der Waals surface area contributed by atoms with Gasteiger partial charge < -0.3 is 4.43 Å². The summed E-state index contributed by atoms with van der Waals surface area (Å²) in [5.41, 5.74) is 1.76. The number of pyridine rings is 1. The van der Waals surface area contributed by atoms with Crippen LogP contribution in [0.5, 0.6) is 0 Å². The molecule has 0 bridgehead atoms. The predicted molar refractivity (Wildman–Crippen MR) is 151 cm³/mol. The SMILES string of the molecule is CC(C)(C)[Si](O[C@H]1CC(Cn2cc(-c3cccnc3Cl)cn2)C[C@@H]1F)(c1ccccc1)c1ccccc1. The average Bonchev–Trinajstić information content (AvgIpc) is 3.49. The first-order valence-electron chi connectivity index (χ1n) is 12.8. The molecule has 1 saturated carbocycles. The molecule has 0 amide bonds. The van der Waals surface area contributed by atoms with Crippen LogP contribution in [0, 0.1) is 5.92 Å². The highest BCUT2D eigenvalue weighted by molar-refractivity contribution is 6.99. The number of rotatable bonds is 7. The molecular formula is C30H33ClFN3OSi. The minimum absolute atomic E-state index is 0.135. The van der Waals surface area contributed by atoms with E-state index in [2.05, 4.69) is 79.4 Å². The van der Waals surface area contributed by atoms with Gasteiger partial charge in [-0.25, -0.2) is 9.37 Å². The van der Waals surface area contributed by atoms with E-state index in [0.29, 0.717) is 24.5 Å². The van der Waals surface area contributed by atoms with Crippen LogP contribution in [0.3, 0.4) is 0 Å². The van der Waals surface area contributed by atoms with Gasteiger partial charge in [-0.2, -0.15) is 5.10 Å². The lowest BCUT2D eigenvalue weighted by atomic mass is 10.1. The van der Waals surface area contributed by atoms with E-state index in [-0.39, 0.29) is 11.0 Å². The molecule has 192 valence electrons. The summed E-state index contributed by atoms with van der Waals surface area (Å²) in [5.74, 6) is 0.135. The monoisotopic (exact) mass is 533 g/mol. The number of nitrogens with zero attached hydrogens (tertiary/aromatic N) is 3. The maximum atomic E-state index is 15.7. The van der Waals surface area contributed by atoms with Gasteiger partial charge in [-0.3, -0.25) is 4.68 Å². The fraction of sp³-hybridized carbons (Fsp3) is 0.333. The largest absolute Gasteiger partial charge is 0.401 e. The van der Waals surface area contributed by atoms with Crippen molar-refractivity contribution in [1.82, 2.24) is 14.8 Å². The third-order valence-electron chi connectivity index (χ3n) is 7.42. The molecule has 7 heteroatoms. The van der Waals surface area contributed by atoms with E-state index in [1.807, 2.05) is 35.1 Å². The first kappa shape index (κ1) is 25.8. The molecule has 0 N–H and O–H groups in total. The fourth-order valence-electron chi connectivity index (χ4n) is 5.70. The summed E-state index contributed by atoms with van der Waals surface area (Å²) in [6.45, 7) is 7.33. The Hall–Kier alpha value is -2.80. The van der Waals surface area contributed by atoms with Crippen LogP contribution >= 0.6 is 11.6 Å². The minimum Gasteiger partial charge on any atom is -0.401 e. The van der Waals surface area contributed by atoms with Crippen LogP contribution in [0.2, 0.25) is 10.2 Å². The van der Waals surface area contributed by atoms with Gasteiger partial charge in [0.25, 0.3) is 8.32 Å². The molecule has 0 saturated heterocycles. The molecule has 2 heterocycles. The zero-order valence-electron chi connectivity index (χ0n) is 21.5. The van der Waals surface area contributed by atoms with Crippen molar-refractivity contribution >= 4 is 30.3 Å². The number of alkyl halides is 1. The highest BCUT2D eigenvalue weighted by atomic mass is 35.5. The molecule has 3 atom stereocenters. The minimum atomic E-state index is -2.81. The second-order valence-corrected chi connectivity index (χ2v) is 15.6. The fourth-order valence-corrected chi connectivity index (χ4v) is 10.6. The van der Waals surface area contributed by atoms with E-state index in [4.69, 9.17) is 16.0 Å². The topological polar surface area (TPSA) is 39.9 Å². The zero-order chi connectivity index (χ0) is 26.0. The molecule has 0 radical (unpaired) electrons. The van der Waals surface area contributed by atoms with Gasteiger partial charge in [0.05, 0.1) is 12.3 Å². The molecule has 1 fully saturated rings. The second-order valence-electron chi connectivity index (χ2n) is 11.0. The molecule has 0 aliphatic heterocycles. The van der Waals surface area contributed by atoms with Gasteiger partial charge in [-0.1, -0.05) is 93.0 Å². The molecule has 2 aromatic heterocycles. The Morgan fingerprint density at radius 2 is 1.62 bits per heavy atom. The van der Waals surface area contributed by atoms with Crippen molar-refractivity contribution in [2.45, 2.75) is 57.5 Å². The summed E-state index contributed by atoms with van der Waals surface area (Å²) in [5, 5.41) is 7.15. The van der Waals surface area contributed by atoms with Gasteiger partial charge in [0.1, 0.15) is 11.3 Å². The summed E-state index contributed by atoms with van der Waals surface area (Å²) in [6.07, 6.45) is 5.07. The van der Waals surface area contributed by atoms with Crippen molar-refractivity contribution < 1.29 is 8.82 Å². The molecular weight excluding hydrogens is 501 g/mol. The van der Waals surface area contributed by atoms with E-state index in [9.17, 15) is 0 Å². The van der Waals surface area contributed by atoms with E-state index in [1.165, 1.54) is 10.4 Å². The molecule has 5 rings (SSSR count). The highest BCUT2D eigenvalue weighted by Gasteiger charge is 2.53. The van der Waals surface area contributed by atoms with Crippen LogP contribution in [-0.4, -0.2) is 35.4 Å². The van der Waals surface area contributed by atoms with Crippen LogP contribution in [-0.2, 0) is 11.0 Å². The summed E-state index contributed by atoms with van der Waals surface area (Å²) in [7, 11) is -2.81. The van der Waals surface area contributed by atoms with Crippen LogP contribution in [0.15, 0.2) is 91.4 Å². The highest BCUT2D eigenvalue weighted by Crippen LogP contribution is 2.41. The van der Waals surface area contributed by atoms with E-state index in [0.717, 1.165) is 11.1 Å². The third kappa shape index (κ3) is 5.15. The Labute approximate surface area is 224 Å². The summed E-state index contributed by atoms with van der Waals surface area (Å²) >= 11 is 6.27. The van der Waals surface area contributed by atoms with Gasteiger partial charge in [-0.05, 0) is 46.3 Å². The first-order chi connectivity index (χ1) is 17.8. The number of hydrogen-bond acceptors (Lipinski definition) is 3. The van der Waals surface area contributed by atoms with Crippen LogP contribution in [0.25, 0.3) is 11.1 Å². The van der Waals surface area contributed by atoms with Crippen LogP contribution in [0.1, 0.15) is 33.6 Å². The smallest absolute Gasteiger partial charge is 0.261 e. The van der Waals surface area contributed by atoms with Crippen molar-refractivity contribution in [1.29, 1.82) is 0 Å². The van der Waals surface area contributed by atoms with Gasteiger partial charge >= 0.3 is 0 Å². The Morgan fingerprint density at radius 1 is 0.973 bits per heavy atom. The molecule has 1 aliphatic rings. The lowest BCUT2D eigenvalue weighted by Gasteiger charge is -2.45. The average molecular weight is 534 g/mol. The number of benzene rings is 2. The normalized spacial score (nSPS) is 20.3. The Kier molecular flexibility index (Phi) is 7.34. The summed E-state index contributed by atoms with van der Waals surface area (Å²) in [4.78, 5) is 4.16. The summed E-state index contributed by atoms with van der Waals surface area (Å²) in [6, 6.07) is 24.7. The number of aromatic nitrogens is 3. The third-order valence-corrected chi connectivity index (χ3v) is 12.8. The maximum Gasteiger partial charge on any atom is 0.261 e. The first-order valence-corrected chi connectivity index (χ1v) is 15.1. The van der Waals surface area contributed by atoms with E-state index in [1.54, 1.807) is 12.4 Å². The van der Waals surface area contributed by atoms with Crippen molar-refractivity contribution in [3.63, 3.8) is 0 Å². The molecule has 1 unspecified atom stereocenters. The summed E-state index contributed by atoms with van der Waals surface area (Å²) < 4.78 is 24.7. The van der Waals surface area contributed by atoms with Gasteiger partial charge in [-0.15, -0.1) is 0 Å². The maximum absolute atomic E-state index is 15.7. The zero-order valence-corrected chi connectivity index (χ0v) is 23.3. The molecule has 4 nitrogen and oxygen atoms in total. The molecule has 37 heavy (non-hydrogen) atoms. The van der Waals surface area contributed by atoms with Crippen molar-refractivity contribution in [3.05, 3.63) is 96.5 Å². The molecule has 0 spiro atoms. The van der Waals surface area contributed by atoms with E-state index < -0.39 is 20.6 Å². The molecule has 1 aliphatic carbocycles. The quantitative estimate of drug-likeness (QED) is 0.207.